The van der Waals surface area contributed by atoms with Crippen molar-refractivity contribution in [3.8, 4) is 5.75 Å². The van der Waals surface area contributed by atoms with Gasteiger partial charge in [-0.25, -0.2) is 21.1 Å². The van der Waals surface area contributed by atoms with Crippen LogP contribution in [0, 0.1) is 12.8 Å². The molecule has 2 aliphatic heterocycles. The number of piperidine rings is 1. The van der Waals surface area contributed by atoms with Crippen molar-refractivity contribution in [2.45, 2.75) is 30.4 Å². The second-order valence-electron chi connectivity index (χ2n) is 9.55. The largest absolute Gasteiger partial charge is 0.492 e. The summed E-state index contributed by atoms with van der Waals surface area (Å²) in [4.78, 5) is 12.8. The zero-order valence-corrected chi connectivity index (χ0v) is 23.2. The summed E-state index contributed by atoms with van der Waals surface area (Å²) in [6.07, 6.45) is 0.942. The van der Waals surface area contributed by atoms with Gasteiger partial charge in [-0.15, -0.1) is 0 Å². The molecule has 2 aliphatic rings. The van der Waals surface area contributed by atoms with Crippen molar-refractivity contribution < 1.29 is 31.1 Å². The number of sulfonamides is 2. The van der Waals surface area contributed by atoms with Gasteiger partial charge in [0, 0.05) is 32.1 Å². The zero-order valence-electron chi connectivity index (χ0n) is 21.5. The quantitative estimate of drug-likeness (QED) is 0.436. The maximum Gasteiger partial charge on any atom is 0.243 e. The number of benzene rings is 2. The third-order valence-corrected chi connectivity index (χ3v) is 10.5. The summed E-state index contributed by atoms with van der Waals surface area (Å²) in [5.41, 5.74) is 1.78. The van der Waals surface area contributed by atoms with Crippen LogP contribution in [0.2, 0.25) is 0 Å². The van der Waals surface area contributed by atoms with Crippen LogP contribution in [-0.4, -0.2) is 83.9 Å². The number of aryl methyl sites for hydroxylation is 1. The first-order valence-electron chi connectivity index (χ1n) is 12.8. The van der Waals surface area contributed by atoms with Gasteiger partial charge in [-0.05, 0) is 49.6 Å². The maximum atomic E-state index is 12.8. The molecular formula is C26H35N3O7S2. The smallest absolute Gasteiger partial charge is 0.243 e. The Hall–Kier alpha value is -2.51. The van der Waals surface area contributed by atoms with E-state index in [1.165, 1.54) is 20.7 Å². The molecule has 1 amide bonds. The van der Waals surface area contributed by atoms with Crippen molar-refractivity contribution in [1.29, 1.82) is 0 Å². The van der Waals surface area contributed by atoms with E-state index >= 15 is 0 Å². The molecule has 2 heterocycles. The lowest BCUT2D eigenvalue weighted by molar-refractivity contribution is -0.126. The van der Waals surface area contributed by atoms with Crippen LogP contribution in [0.3, 0.4) is 0 Å². The molecule has 38 heavy (non-hydrogen) atoms. The monoisotopic (exact) mass is 565 g/mol. The SMILES string of the molecule is Cc1cccc(CS(=O)(=O)N2CCC(C(=O)NCCOc3ccc(S(=O)(=O)N4CCOCC4)cc3)CC2)c1. The van der Waals surface area contributed by atoms with Crippen molar-refractivity contribution >= 4 is 26.0 Å². The van der Waals surface area contributed by atoms with Crippen molar-refractivity contribution in [3.63, 3.8) is 0 Å². The predicted octanol–water partition coefficient (Wildman–Crippen LogP) is 1.75. The first-order chi connectivity index (χ1) is 18.1. The summed E-state index contributed by atoms with van der Waals surface area (Å²) < 4.78 is 64.8. The van der Waals surface area contributed by atoms with Gasteiger partial charge in [0.2, 0.25) is 26.0 Å². The summed E-state index contributed by atoms with van der Waals surface area (Å²) in [5.74, 6) is 0.108. The van der Waals surface area contributed by atoms with Crippen molar-refractivity contribution in [2.75, 3.05) is 52.5 Å². The Balaban J connectivity index is 1.18. The molecule has 0 atom stereocenters. The lowest BCUT2D eigenvalue weighted by atomic mass is 9.97. The maximum absolute atomic E-state index is 12.8. The summed E-state index contributed by atoms with van der Waals surface area (Å²) in [6.45, 7) is 4.54. The standard InChI is InChI=1S/C26H35N3O7S2/c1-21-3-2-4-22(19-21)20-37(31,32)28-12-9-23(10-13-28)26(30)27-11-16-36-24-5-7-25(8-6-24)38(33,34)29-14-17-35-18-15-29/h2-8,19,23H,9-18,20H2,1H3,(H,27,30). The van der Waals surface area contributed by atoms with Crippen LogP contribution in [-0.2, 0) is 35.3 Å². The van der Waals surface area contributed by atoms with Gasteiger partial charge >= 0.3 is 0 Å². The fraction of sp³-hybridized carbons (Fsp3) is 0.500. The Bertz CT molecular complexity index is 1300. The Morgan fingerprint density at radius 3 is 2.32 bits per heavy atom. The Morgan fingerprint density at radius 2 is 1.66 bits per heavy atom. The van der Waals surface area contributed by atoms with Crippen LogP contribution < -0.4 is 10.1 Å². The second kappa shape index (κ2) is 12.6. The molecular weight excluding hydrogens is 530 g/mol. The molecule has 0 unspecified atom stereocenters. The van der Waals surface area contributed by atoms with E-state index in [9.17, 15) is 21.6 Å². The van der Waals surface area contributed by atoms with E-state index in [-0.39, 0.29) is 29.1 Å². The highest BCUT2D eigenvalue weighted by atomic mass is 32.2. The predicted molar refractivity (Wildman–Crippen MR) is 143 cm³/mol. The number of ether oxygens (including phenoxy) is 2. The number of hydrogen-bond donors (Lipinski definition) is 1. The summed E-state index contributed by atoms with van der Waals surface area (Å²) in [6, 6.07) is 13.7. The number of carbonyl (C=O) groups is 1. The Labute approximate surface area is 225 Å². The number of nitrogens with one attached hydrogen (secondary N) is 1. The van der Waals surface area contributed by atoms with Gasteiger partial charge < -0.3 is 14.8 Å². The van der Waals surface area contributed by atoms with E-state index in [1.807, 2.05) is 31.2 Å². The number of carbonyl (C=O) groups excluding carboxylic acids is 1. The molecule has 4 rings (SSSR count). The molecule has 10 nitrogen and oxygen atoms in total. The molecule has 0 aromatic heterocycles. The first kappa shape index (κ1) is 28.5. The minimum atomic E-state index is -3.56. The minimum Gasteiger partial charge on any atom is -0.492 e. The molecule has 12 heteroatoms. The number of amides is 1. The van der Waals surface area contributed by atoms with Crippen LogP contribution in [0.4, 0.5) is 0 Å². The van der Waals surface area contributed by atoms with Crippen LogP contribution in [0.5, 0.6) is 5.75 Å². The van der Waals surface area contributed by atoms with Crippen LogP contribution in [0.25, 0.3) is 0 Å². The lowest BCUT2D eigenvalue weighted by Gasteiger charge is -2.30. The summed E-state index contributed by atoms with van der Waals surface area (Å²) in [5, 5.41) is 2.85. The van der Waals surface area contributed by atoms with Gasteiger partial charge in [-0.2, -0.15) is 4.31 Å². The first-order valence-corrected chi connectivity index (χ1v) is 15.8. The van der Waals surface area contributed by atoms with Gasteiger partial charge in [-0.1, -0.05) is 29.8 Å². The van der Waals surface area contributed by atoms with Crippen LogP contribution in [0.15, 0.2) is 53.4 Å². The minimum absolute atomic E-state index is 0.0387. The molecule has 2 saturated heterocycles. The van der Waals surface area contributed by atoms with E-state index in [1.54, 1.807) is 12.1 Å². The fourth-order valence-corrected chi connectivity index (χ4v) is 7.59. The van der Waals surface area contributed by atoms with Crippen molar-refractivity contribution in [1.82, 2.24) is 13.9 Å². The zero-order chi connectivity index (χ0) is 27.2. The highest BCUT2D eigenvalue weighted by Crippen LogP contribution is 2.23. The average molecular weight is 566 g/mol. The molecule has 0 bridgehead atoms. The van der Waals surface area contributed by atoms with Gasteiger partial charge in [0.05, 0.1) is 30.4 Å². The number of rotatable bonds is 10. The average Bonchev–Trinajstić information content (AvgIpc) is 2.91. The molecule has 2 aromatic rings. The van der Waals surface area contributed by atoms with Gasteiger partial charge in [-0.3, -0.25) is 4.79 Å². The summed E-state index contributed by atoms with van der Waals surface area (Å²) >= 11 is 0. The topological polar surface area (TPSA) is 122 Å². The highest BCUT2D eigenvalue weighted by molar-refractivity contribution is 7.89. The lowest BCUT2D eigenvalue weighted by Crippen LogP contribution is -2.43. The fourth-order valence-electron chi connectivity index (χ4n) is 4.63. The van der Waals surface area contributed by atoms with Gasteiger partial charge in [0.15, 0.2) is 0 Å². The number of nitrogens with zero attached hydrogens (tertiary/aromatic N) is 2. The van der Waals surface area contributed by atoms with E-state index in [0.717, 1.165) is 11.1 Å². The molecule has 0 saturated carbocycles. The second-order valence-corrected chi connectivity index (χ2v) is 13.5. The molecule has 2 fully saturated rings. The normalized spacial score (nSPS) is 18.2. The number of hydrogen-bond acceptors (Lipinski definition) is 7. The molecule has 0 radical (unpaired) electrons. The highest BCUT2D eigenvalue weighted by Gasteiger charge is 2.31. The molecule has 2 aromatic carbocycles. The molecule has 0 aliphatic carbocycles. The van der Waals surface area contributed by atoms with Crippen molar-refractivity contribution in [2.24, 2.45) is 5.92 Å². The molecule has 0 spiro atoms. The van der Waals surface area contributed by atoms with Crippen LogP contribution in [0.1, 0.15) is 24.0 Å². The van der Waals surface area contributed by atoms with Crippen molar-refractivity contribution in [3.05, 3.63) is 59.7 Å². The molecule has 1 N–H and O–H groups in total. The van der Waals surface area contributed by atoms with Gasteiger partial charge in [0.1, 0.15) is 12.4 Å². The molecule has 208 valence electrons. The van der Waals surface area contributed by atoms with Crippen LogP contribution >= 0.6 is 0 Å². The van der Waals surface area contributed by atoms with E-state index in [4.69, 9.17) is 9.47 Å². The Morgan fingerprint density at radius 1 is 0.974 bits per heavy atom. The van der Waals surface area contributed by atoms with Gasteiger partial charge in [0.25, 0.3) is 0 Å². The third kappa shape index (κ3) is 7.32. The Kier molecular flexibility index (Phi) is 9.42. The number of morpholine rings is 1. The summed E-state index contributed by atoms with van der Waals surface area (Å²) in [7, 11) is -7.00. The third-order valence-electron chi connectivity index (χ3n) is 6.75. The van der Waals surface area contributed by atoms with E-state index in [2.05, 4.69) is 5.32 Å². The van der Waals surface area contributed by atoms with E-state index in [0.29, 0.717) is 64.5 Å². The van der Waals surface area contributed by atoms with E-state index < -0.39 is 20.0 Å².